The number of nitrogens with one attached hydrogen (secondary N) is 1. The van der Waals surface area contributed by atoms with Crippen LogP contribution in [0.4, 0.5) is 0 Å². The molecule has 2 rings (SSSR count). The van der Waals surface area contributed by atoms with Crippen molar-refractivity contribution in [2.45, 2.75) is 25.8 Å². The summed E-state index contributed by atoms with van der Waals surface area (Å²) < 4.78 is 7.24. The molecule has 0 amide bonds. The van der Waals surface area contributed by atoms with Crippen molar-refractivity contribution in [3.05, 3.63) is 18.0 Å². The molecule has 0 spiro atoms. The van der Waals surface area contributed by atoms with E-state index < -0.39 is 0 Å². The van der Waals surface area contributed by atoms with E-state index in [1.807, 2.05) is 17.9 Å². The molecule has 4 heteroatoms. The van der Waals surface area contributed by atoms with Crippen molar-refractivity contribution >= 4 is 0 Å². The Labute approximate surface area is 97.0 Å². The lowest BCUT2D eigenvalue weighted by atomic mass is 10.0. The Balaban J connectivity index is 1.67. The van der Waals surface area contributed by atoms with Gasteiger partial charge in [0, 0.05) is 38.9 Å². The van der Waals surface area contributed by atoms with Crippen molar-refractivity contribution in [2.24, 2.45) is 13.0 Å². The summed E-state index contributed by atoms with van der Waals surface area (Å²) in [7, 11) is 1.95. The summed E-state index contributed by atoms with van der Waals surface area (Å²) in [4.78, 5) is 0. The average molecular weight is 223 g/mol. The minimum atomic E-state index is 0.547. The Morgan fingerprint density at radius 2 is 2.56 bits per heavy atom. The van der Waals surface area contributed by atoms with Gasteiger partial charge in [-0.2, -0.15) is 5.10 Å². The fourth-order valence-corrected chi connectivity index (χ4v) is 2.14. The fourth-order valence-electron chi connectivity index (χ4n) is 2.14. The zero-order chi connectivity index (χ0) is 11.4. The number of rotatable bonds is 5. The summed E-state index contributed by atoms with van der Waals surface area (Å²) in [6.07, 6.45) is 4.18. The van der Waals surface area contributed by atoms with Crippen molar-refractivity contribution in [2.75, 3.05) is 19.8 Å². The van der Waals surface area contributed by atoms with Gasteiger partial charge in [0.1, 0.15) is 0 Å². The van der Waals surface area contributed by atoms with Gasteiger partial charge >= 0.3 is 0 Å². The number of ether oxygens (including phenoxy) is 1. The molecule has 1 aromatic rings. The first kappa shape index (κ1) is 11.6. The van der Waals surface area contributed by atoms with Crippen molar-refractivity contribution in [3.8, 4) is 0 Å². The number of nitrogens with zero attached hydrogens (tertiary/aromatic N) is 2. The second-order valence-corrected chi connectivity index (χ2v) is 4.60. The first-order valence-corrected chi connectivity index (χ1v) is 6.05. The van der Waals surface area contributed by atoms with Gasteiger partial charge in [-0.3, -0.25) is 4.68 Å². The zero-order valence-corrected chi connectivity index (χ0v) is 10.1. The van der Waals surface area contributed by atoms with Gasteiger partial charge in [0.25, 0.3) is 0 Å². The van der Waals surface area contributed by atoms with E-state index in [4.69, 9.17) is 4.74 Å². The van der Waals surface area contributed by atoms with E-state index in [9.17, 15) is 0 Å². The topological polar surface area (TPSA) is 39.1 Å². The van der Waals surface area contributed by atoms with E-state index in [0.717, 1.165) is 31.9 Å². The molecule has 1 aliphatic heterocycles. The molecular formula is C12H21N3O. The van der Waals surface area contributed by atoms with Gasteiger partial charge in [0.05, 0.1) is 12.3 Å². The zero-order valence-electron chi connectivity index (χ0n) is 10.1. The fraction of sp³-hybridized carbons (Fsp3) is 0.750. The quantitative estimate of drug-likeness (QED) is 0.808. The molecule has 0 bridgehead atoms. The third-order valence-electron chi connectivity index (χ3n) is 3.29. The highest BCUT2D eigenvalue weighted by atomic mass is 16.5. The van der Waals surface area contributed by atoms with Gasteiger partial charge in [-0.05, 0) is 25.3 Å². The SMILES string of the molecule is CC(NCCc1ccn(C)n1)C1CCOC1. The molecule has 1 N–H and O–H groups in total. The number of aromatic nitrogens is 2. The largest absolute Gasteiger partial charge is 0.381 e. The number of hydrogen-bond donors (Lipinski definition) is 1. The van der Waals surface area contributed by atoms with Gasteiger partial charge in [-0.25, -0.2) is 0 Å². The van der Waals surface area contributed by atoms with Crippen LogP contribution in [0, 0.1) is 5.92 Å². The third-order valence-corrected chi connectivity index (χ3v) is 3.29. The van der Waals surface area contributed by atoms with Crippen LogP contribution >= 0.6 is 0 Å². The predicted octanol–water partition coefficient (Wildman–Crippen LogP) is 0.977. The minimum Gasteiger partial charge on any atom is -0.381 e. The van der Waals surface area contributed by atoms with Crippen LogP contribution in [-0.2, 0) is 18.2 Å². The van der Waals surface area contributed by atoms with E-state index in [-0.39, 0.29) is 0 Å². The molecule has 0 aromatic carbocycles. The molecule has 0 aliphatic carbocycles. The van der Waals surface area contributed by atoms with Gasteiger partial charge in [0.15, 0.2) is 0 Å². The maximum Gasteiger partial charge on any atom is 0.0637 e. The Morgan fingerprint density at radius 1 is 1.69 bits per heavy atom. The average Bonchev–Trinajstić information content (AvgIpc) is 2.89. The summed E-state index contributed by atoms with van der Waals surface area (Å²) in [5.74, 6) is 0.684. The van der Waals surface area contributed by atoms with Crippen LogP contribution in [0.2, 0.25) is 0 Å². The molecule has 2 atom stereocenters. The normalized spacial score (nSPS) is 22.5. The Morgan fingerprint density at radius 3 is 3.19 bits per heavy atom. The lowest BCUT2D eigenvalue weighted by Crippen LogP contribution is -2.35. The molecular weight excluding hydrogens is 202 g/mol. The second-order valence-electron chi connectivity index (χ2n) is 4.60. The van der Waals surface area contributed by atoms with E-state index in [2.05, 4.69) is 23.4 Å². The van der Waals surface area contributed by atoms with Crippen LogP contribution in [-0.4, -0.2) is 35.6 Å². The molecule has 1 saturated heterocycles. The third kappa shape index (κ3) is 3.06. The molecule has 16 heavy (non-hydrogen) atoms. The van der Waals surface area contributed by atoms with Crippen molar-refractivity contribution in [1.29, 1.82) is 0 Å². The van der Waals surface area contributed by atoms with Gasteiger partial charge < -0.3 is 10.1 Å². The molecule has 2 heterocycles. The highest BCUT2D eigenvalue weighted by Gasteiger charge is 2.21. The smallest absolute Gasteiger partial charge is 0.0637 e. The molecule has 0 radical (unpaired) electrons. The van der Waals surface area contributed by atoms with Crippen molar-refractivity contribution in [1.82, 2.24) is 15.1 Å². The van der Waals surface area contributed by atoms with Crippen LogP contribution < -0.4 is 5.32 Å². The predicted molar refractivity (Wildman–Crippen MR) is 63.3 cm³/mol. The van der Waals surface area contributed by atoms with Crippen molar-refractivity contribution < 1.29 is 4.74 Å². The lowest BCUT2D eigenvalue weighted by molar-refractivity contribution is 0.178. The lowest BCUT2D eigenvalue weighted by Gasteiger charge is -2.18. The summed E-state index contributed by atoms with van der Waals surface area (Å²) >= 11 is 0. The molecule has 1 aromatic heterocycles. The maximum absolute atomic E-state index is 5.39. The van der Waals surface area contributed by atoms with Crippen LogP contribution in [0.1, 0.15) is 19.0 Å². The van der Waals surface area contributed by atoms with Crippen LogP contribution in [0.3, 0.4) is 0 Å². The maximum atomic E-state index is 5.39. The van der Waals surface area contributed by atoms with E-state index in [1.165, 1.54) is 6.42 Å². The minimum absolute atomic E-state index is 0.547. The Bertz CT molecular complexity index is 318. The summed E-state index contributed by atoms with van der Waals surface area (Å²) in [6.45, 7) is 5.08. The highest BCUT2D eigenvalue weighted by Crippen LogP contribution is 2.16. The molecule has 1 fully saturated rings. The first-order valence-electron chi connectivity index (χ1n) is 6.05. The van der Waals surface area contributed by atoms with E-state index in [0.29, 0.717) is 12.0 Å². The van der Waals surface area contributed by atoms with Gasteiger partial charge in [-0.15, -0.1) is 0 Å². The summed E-state index contributed by atoms with van der Waals surface area (Å²) in [5.41, 5.74) is 1.16. The van der Waals surface area contributed by atoms with Crippen molar-refractivity contribution in [3.63, 3.8) is 0 Å². The summed E-state index contributed by atoms with van der Waals surface area (Å²) in [6, 6.07) is 2.62. The Kier molecular flexibility index (Phi) is 3.96. The summed E-state index contributed by atoms with van der Waals surface area (Å²) in [5, 5.41) is 7.91. The van der Waals surface area contributed by atoms with Gasteiger partial charge in [-0.1, -0.05) is 0 Å². The molecule has 2 unspecified atom stereocenters. The molecule has 1 aliphatic rings. The van der Waals surface area contributed by atoms with Crippen LogP contribution in [0.15, 0.2) is 12.3 Å². The van der Waals surface area contributed by atoms with Crippen LogP contribution in [0.25, 0.3) is 0 Å². The number of hydrogen-bond acceptors (Lipinski definition) is 3. The monoisotopic (exact) mass is 223 g/mol. The van der Waals surface area contributed by atoms with Gasteiger partial charge in [0.2, 0.25) is 0 Å². The first-order chi connectivity index (χ1) is 7.75. The molecule has 4 nitrogen and oxygen atoms in total. The standard InChI is InChI=1S/C12H21N3O/c1-10(11-5-8-16-9-11)13-6-3-12-4-7-15(2)14-12/h4,7,10-11,13H,3,5-6,8-9H2,1-2H3. The van der Waals surface area contributed by atoms with Crippen LogP contribution in [0.5, 0.6) is 0 Å². The molecule has 90 valence electrons. The number of aryl methyl sites for hydroxylation is 1. The second kappa shape index (κ2) is 5.46. The Hall–Kier alpha value is -0.870. The highest BCUT2D eigenvalue weighted by molar-refractivity contribution is 4.99. The van der Waals surface area contributed by atoms with E-state index >= 15 is 0 Å². The van der Waals surface area contributed by atoms with E-state index in [1.54, 1.807) is 0 Å². The molecule has 0 saturated carbocycles.